The number of hydrogen-bond acceptors (Lipinski definition) is 5. The first-order valence-electron chi connectivity index (χ1n) is 11.5. The van der Waals surface area contributed by atoms with Crippen LogP contribution in [0, 0.1) is 17.2 Å². The summed E-state index contributed by atoms with van der Waals surface area (Å²) in [6, 6.07) is 17.3. The van der Waals surface area contributed by atoms with E-state index >= 15 is 0 Å². The molecule has 2 atom stereocenters. The molecule has 0 bridgehead atoms. The van der Waals surface area contributed by atoms with Crippen molar-refractivity contribution in [2.45, 2.75) is 39.2 Å². The first-order valence-corrected chi connectivity index (χ1v) is 11.9. The average Bonchev–Trinajstić information content (AvgIpc) is 3.20. The van der Waals surface area contributed by atoms with Crippen LogP contribution >= 0.6 is 11.6 Å². The summed E-state index contributed by atoms with van der Waals surface area (Å²) in [5.74, 6) is -0.350. The number of nitriles is 1. The Morgan fingerprint density at radius 3 is 2.49 bits per heavy atom. The molecular formula is C26H29ClN6O2. The van der Waals surface area contributed by atoms with Gasteiger partial charge in [-0.05, 0) is 55.2 Å². The lowest BCUT2D eigenvalue weighted by Crippen LogP contribution is -2.50. The van der Waals surface area contributed by atoms with Crippen LogP contribution in [-0.4, -0.2) is 34.2 Å². The standard InChI is InChI=1S/C26H29ClN6O2/c1-3-17(2)23(31-25(34)18-11-13-19(27)14-12-18)26(35)30-15-7-10-22-21(16-28)24(29)33(32-22)20-8-5-4-6-9-20/h4-6,8-9,11-14,17,23H,3,7,10,15,29H2,1-2H3,(H,30,35)(H,31,34). The highest BCUT2D eigenvalue weighted by Crippen LogP contribution is 2.21. The van der Waals surface area contributed by atoms with Crippen LogP contribution < -0.4 is 16.4 Å². The number of amides is 2. The maximum atomic E-state index is 12.9. The first kappa shape index (κ1) is 25.8. The Kier molecular flexibility index (Phi) is 8.87. The fraction of sp³-hybridized carbons (Fsp3) is 0.308. The Labute approximate surface area is 210 Å². The van der Waals surface area contributed by atoms with Crippen molar-refractivity contribution in [3.63, 3.8) is 0 Å². The zero-order valence-electron chi connectivity index (χ0n) is 19.8. The molecule has 9 heteroatoms. The summed E-state index contributed by atoms with van der Waals surface area (Å²) < 4.78 is 1.55. The predicted octanol–water partition coefficient (Wildman–Crippen LogP) is 3.87. The Hall–Kier alpha value is -3.83. The number of aryl methyl sites for hydroxylation is 1. The third kappa shape index (κ3) is 6.40. The van der Waals surface area contributed by atoms with Gasteiger partial charge in [-0.1, -0.05) is 50.1 Å². The lowest BCUT2D eigenvalue weighted by Gasteiger charge is -2.23. The Bertz CT molecular complexity index is 1200. The zero-order chi connectivity index (χ0) is 25.4. The molecule has 35 heavy (non-hydrogen) atoms. The van der Waals surface area contributed by atoms with Gasteiger partial charge in [0.05, 0.1) is 11.4 Å². The highest BCUT2D eigenvalue weighted by Gasteiger charge is 2.26. The van der Waals surface area contributed by atoms with Crippen LogP contribution in [0.2, 0.25) is 5.02 Å². The Morgan fingerprint density at radius 1 is 1.17 bits per heavy atom. The van der Waals surface area contributed by atoms with Crippen molar-refractivity contribution in [3.05, 3.63) is 76.4 Å². The van der Waals surface area contributed by atoms with E-state index < -0.39 is 6.04 Å². The molecule has 0 aliphatic rings. The second kappa shape index (κ2) is 12.0. The molecule has 8 nitrogen and oxygen atoms in total. The van der Waals surface area contributed by atoms with Gasteiger partial charge in [0.15, 0.2) is 0 Å². The van der Waals surface area contributed by atoms with E-state index in [1.165, 1.54) is 0 Å². The van der Waals surface area contributed by atoms with E-state index in [4.69, 9.17) is 17.3 Å². The number of carbonyl (C=O) groups excluding carboxylic acids is 2. The molecule has 3 rings (SSSR count). The van der Waals surface area contributed by atoms with Crippen LogP contribution in [0.1, 0.15) is 48.3 Å². The maximum Gasteiger partial charge on any atom is 0.251 e. The van der Waals surface area contributed by atoms with Crippen molar-refractivity contribution < 1.29 is 9.59 Å². The molecule has 3 aromatic rings. The van der Waals surface area contributed by atoms with E-state index in [2.05, 4.69) is 21.8 Å². The van der Waals surface area contributed by atoms with Crippen LogP contribution in [0.3, 0.4) is 0 Å². The molecule has 2 aromatic carbocycles. The van der Waals surface area contributed by atoms with E-state index in [1.807, 2.05) is 44.2 Å². The number of nitrogens with one attached hydrogen (secondary N) is 2. The van der Waals surface area contributed by atoms with Gasteiger partial charge in [0.2, 0.25) is 5.91 Å². The molecular weight excluding hydrogens is 464 g/mol. The number of carbonyl (C=O) groups is 2. The predicted molar refractivity (Wildman–Crippen MR) is 136 cm³/mol. The van der Waals surface area contributed by atoms with Crippen LogP contribution in [0.5, 0.6) is 0 Å². The Balaban J connectivity index is 1.60. The molecule has 0 aliphatic carbocycles. The van der Waals surface area contributed by atoms with Crippen LogP contribution in [0.15, 0.2) is 54.6 Å². The number of halogens is 1. The van der Waals surface area contributed by atoms with Gasteiger partial charge in [0.1, 0.15) is 23.5 Å². The van der Waals surface area contributed by atoms with E-state index in [9.17, 15) is 14.9 Å². The number of nitrogens with two attached hydrogens (primary N) is 1. The minimum absolute atomic E-state index is 0.0576. The molecule has 0 radical (unpaired) electrons. The second-order valence-electron chi connectivity index (χ2n) is 8.30. The molecule has 0 saturated heterocycles. The first-order chi connectivity index (χ1) is 16.8. The lowest BCUT2D eigenvalue weighted by molar-refractivity contribution is -0.124. The molecule has 0 saturated carbocycles. The summed E-state index contributed by atoms with van der Waals surface area (Å²) >= 11 is 5.89. The van der Waals surface area contributed by atoms with Gasteiger partial charge in [0, 0.05) is 17.1 Å². The van der Waals surface area contributed by atoms with Gasteiger partial charge in [0.25, 0.3) is 5.91 Å². The van der Waals surface area contributed by atoms with E-state index in [0.717, 1.165) is 12.1 Å². The summed E-state index contributed by atoms with van der Waals surface area (Å²) in [5, 5.41) is 20.3. The number of rotatable bonds is 10. The number of anilines is 1. The summed E-state index contributed by atoms with van der Waals surface area (Å²) in [6.07, 6.45) is 1.75. The van der Waals surface area contributed by atoms with Crippen molar-refractivity contribution in [2.24, 2.45) is 5.92 Å². The number of hydrogen-bond donors (Lipinski definition) is 3. The lowest BCUT2D eigenvalue weighted by atomic mass is 9.97. The second-order valence-corrected chi connectivity index (χ2v) is 8.74. The monoisotopic (exact) mass is 492 g/mol. The summed E-state index contributed by atoms with van der Waals surface area (Å²) in [7, 11) is 0. The highest BCUT2D eigenvalue weighted by atomic mass is 35.5. The number of aromatic nitrogens is 2. The molecule has 1 heterocycles. The van der Waals surface area contributed by atoms with Gasteiger partial charge in [-0.2, -0.15) is 10.4 Å². The average molecular weight is 493 g/mol. The molecule has 1 aromatic heterocycles. The largest absolute Gasteiger partial charge is 0.382 e. The summed E-state index contributed by atoms with van der Waals surface area (Å²) in [6.45, 7) is 4.26. The van der Waals surface area contributed by atoms with E-state index in [1.54, 1.807) is 28.9 Å². The Morgan fingerprint density at radius 2 is 1.86 bits per heavy atom. The molecule has 4 N–H and O–H groups in total. The van der Waals surface area contributed by atoms with Crippen LogP contribution in [-0.2, 0) is 11.2 Å². The minimum Gasteiger partial charge on any atom is -0.382 e. The minimum atomic E-state index is -0.675. The summed E-state index contributed by atoms with van der Waals surface area (Å²) in [4.78, 5) is 25.5. The molecule has 0 fully saturated rings. The number of para-hydroxylation sites is 1. The van der Waals surface area contributed by atoms with Gasteiger partial charge < -0.3 is 16.4 Å². The molecule has 0 aliphatic heterocycles. The van der Waals surface area contributed by atoms with Crippen molar-refractivity contribution >= 4 is 29.2 Å². The fourth-order valence-electron chi connectivity index (χ4n) is 3.65. The molecule has 2 amide bonds. The van der Waals surface area contributed by atoms with E-state index in [-0.39, 0.29) is 17.7 Å². The number of benzene rings is 2. The number of nitrogen functional groups attached to an aromatic ring is 1. The topological polar surface area (TPSA) is 126 Å². The highest BCUT2D eigenvalue weighted by molar-refractivity contribution is 6.30. The van der Waals surface area contributed by atoms with Crippen LogP contribution in [0.25, 0.3) is 5.69 Å². The van der Waals surface area contributed by atoms with Crippen molar-refractivity contribution in [2.75, 3.05) is 12.3 Å². The fourth-order valence-corrected chi connectivity index (χ4v) is 3.77. The maximum absolute atomic E-state index is 12.9. The third-order valence-corrected chi connectivity index (χ3v) is 6.14. The van der Waals surface area contributed by atoms with Gasteiger partial charge >= 0.3 is 0 Å². The molecule has 182 valence electrons. The van der Waals surface area contributed by atoms with Crippen molar-refractivity contribution in [1.82, 2.24) is 20.4 Å². The quantitative estimate of drug-likeness (QED) is 0.370. The van der Waals surface area contributed by atoms with E-state index in [0.29, 0.717) is 47.0 Å². The molecule has 0 spiro atoms. The number of nitrogens with zero attached hydrogens (tertiary/aromatic N) is 3. The van der Waals surface area contributed by atoms with Crippen molar-refractivity contribution in [1.29, 1.82) is 5.26 Å². The summed E-state index contributed by atoms with van der Waals surface area (Å²) in [5.41, 5.74) is 8.28. The van der Waals surface area contributed by atoms with Crippen molar-refractivity contribution in [3.8, 4) is 11.8 Å². The van der Waals surface area contributed by atoms with Gasteiger partial charge in [-0.15, -0.1) is 0 Å². The normalized spacial score (nSPS) is 12.4. The van der Waals surface area contributed by atoms with Crippen LogP contribution in [0.4, 0.5) is 5.82 Å². The van der Waals surface area contributed by atoms with Gasteiger partial charge in [-0.3, -0.25) is 9.59 Å². The zero-order valence-corrected chi connectivity index (χ0v) is 20.5. The van der Waals surface area contributed by atoms with Gasteiger partial charge in [-0.25, -0.2) is 4.68 Å². The SMILES string of the molecule is CCC(C)C(NC(=O)c1ccc(Cl)cc1)C(=O)NCCCc1nn(-c2ccccc2)c(N)c1C#N. The molecule has 2 unspecified atom stereocenters. The third-order valence-electron chi connectivity index (χ3n) is 5.88. The smallest absolute Gasteiger partial charge is 0.251 e.